The molecule has 2 heteroatoms. The molecular formula is C12H23NO. The van der Waals surface area contributed by atoms with Crippen LogP contribution in [0.5, 0.6) is 0 Å². The largest absolute Gasteiger partial charge is 0.380 e. The summed E-state index contributed by atoms with van der Waals surface area (Å²) in [5.41, 5.74) is -0.0756. The Morgan fingerprint density at radius 2 is 2.07 bits per heavy atom. The van der Waals surface area contributed by atoms with Gasteiger partial charge in [0, 0.05) is 6.61 Å². The molecule has 0 aromatic heterocycles. The minimum absolute atomic E-state index is 0.0756. The molecule has 14 heavy (non-hydrogen) atoms. The van der Waals surface area contributed by atoms with Crippen LogP contribution in [-0.2, 0) is 4.74 Å². The molecule has 0 saturated carbocycles. The van der Waals surface area contributed by atoms with Crippen molar-refractivity contribution in [3.63, 3.8) is 0 Å². The van der Waals surface area contributed by atoms with Gasteiger partial charge in [0.2, 0.25) is 0 Å². The molecule has 0 heterocycles. The normalized spacial score (nSPS) is 15.4. The van der Waals surface area contributed by atoms with Crippen LogP contribution >= 0.6 is 0 Å². The summed E-state index contributed by atoms with van der Waals surface area (Å²) in [4.78, 5) is 0. The first-order valence-corrected chi connectivity index (χ1v) is 5.38. The van der Waals surface area contributed by atoms with E-state index in [1.54, 1.807) is 6.20 Å². The first kappa shape index (κ1) is 13.2. The molecule has 0 fully saturated rings. The summed E-state index contributed by atoms with van der Waals surface area (Å²) in [5.74, 6) is 0. The van der Waals surface area contributed by atoms with E-state index in [9.17, 15) is 0 Å². The quantitative estimate of drug-likeness (QED) is 0.604. The van der Waals surface area contributed by atoms with Crippen molar-refractivity contribution >= 4 is 0 Å². The summed E-state index contributed by atoms with van der Waals surface area (Å²) in [6.07, 6.45) is 8.13. The molecule has 0 radical (unpaired) electrons. The van der Waals surface area contributed by atoms with Crippen molar-refractivity contribution in [3.8, 4) is 0 Å². The summed E-state index contributed by atoms with van der Waals surface area (Å²) in [6.45, 7) is 11.4. The van der Waals surface area contributed by atoms with Gasteiger partial charge < -0.3 is 10.1 Å². The number of hydrogen-bond acceptors (Lipinski definition) is 2. The average molecular weight is 197 g/mol. The maximum Gasteiger partial charge on any atom is 0.0782 e. The number of ether oxygens (including phenoxy) is 1. The van der Waals surface area contributed by atoms with E-state index < -0.39 is 0 Å². The van der Waals surface area contributed by atoms with Gasteiger partial charge in [-0.1, -0.05) is 32.6 Å². The molecule has 0 amide bonds. The number of nitrogens with one attached hydrogen (secondary N) is 1. The minimum atomic E-state index is -0.0756. The van der Waals surface area contributed by atoms with Crippen LogP contribution in [0.15, 0.2) is 24.9 Å². The molecule has 0 aliphatic heterocycles. The topological polar surface area (TPSA) is 21.3 Å². The lowest BCUT2D eigenvalue weighted by molar-refractivity contribution is 0.100. The molecule has 0 aromatic rings. The molecule has 0 aliphatic rings. The number of allylic oxidation sites excluding steroid dienone is 1. The smallest absolute Gasteiger partial charge is 0.0782 e. The van der Waals surface area contributed by atoms with Gasteiger partial charge in [0.05, 0.1) is 12.1 Å². The highest BCUT2D eigenvalue weighted by Gasteiger charge is 2.22. The van der Waals surface area contributed by atoms with Crippen LogP contribution < -0.4 is 5.32 Å². The van der Waals surface area contributed by atoms with Gasteiger partial charge in [-0.05, 0) is 26.0 Å². The van der Waals surface area contributed by atoms with Crippen molar-refractivity contribution in [2.45, 2.75) is 39.2 Å². The van der Waals surface area contributed by atoms with Crippen LogP contribution in [0.25, 0.3) is 0 Å². The molecule has 2 nitrogen and oxygen atoms in total. The zero-order valence-electron chi connectivity index (χ0n) is 9.68. The first-order chi connectivity index (χ1) is 6.74. The fourth-order valence-corrected chi connectivity index (χ4v) is 1.29. The predicted octanol–water partition coefficient (Wildman–Crippen LogP) is 2.87. The SMILES string of the molecule is C=CNC(C=CCC)(CC)COCC. The van der Waals surface area contributed by atoms with Crippen molar-refractivity contribution in [2.75, 3.05) is 13.2 Å². The highest BCUT2D eigenvalue weighted by atomic mass is 16.5. The van der Waals surface area contributed by atoms with E-state index in [4.69, 9.17) is 4.74 Å². The maximum absolute atomic E-state index is 5.48. The van der Waals surface area contributed by atoms with Gasteiger partial charge in [0.25, 0.3) is 0 Å². The number of rotatable bonds is 8. The van der Waals surface area contributed by atoms with Gasteiger partial charge in [-0.2, -0.15) is 0 Å². The van der Waals surface area contributed by atoms with Crippen molar-refractivity contribution in [1.29, 1.82) is 0 Å². The second kappa shape index (κ2) is 7.63. The number of hydrogen-bond donors (Lipinski definition) is 1. The van der Waals surface area contributed by atoms with Crippen LogP contribution in [0.4, 0.5) is 0 Å². The Labute approximate surface area is 88.0 Å². The van der Waals surface area contributed by atoms with Crippen LogP contribution in [0, 0.1) is 0 Å². The Balaban J connectivity index is 4.41. The second-order valence-corrected chi connectivity index (χ2v) is 3.31. The van der Waals surface area contributed by atoms with E-state index in [1.165, 1.54) is 0 Å². The van der Waals surface area contributed by atoms with Crippen LogP contribution in [-0.4, -0.2) is 18.8 Å². The lowest BCUT2D eigenvalue weighted by atomic mass is 9.96. The highest BCUT2D eigenvalue weighted by molar-refractivity contribution is 5.08. The maximum atomic E-state index is 5.48. The highest BCUT2D eigenvalue weighted by Crippen LogP contribution is 2.13. The zero-order chi connectivity index (χ0) is 10.9. The van der Waals surface area contributed by atoms with Crippen LogP contribution in [0.2, 0.25) is 0 Å². The van der Waals surface area contributed by atoms with Gasteiger partial charge in [-0.25, -0.2) is 0 Å². The van der Waals surface area contributed by atoms with E-state index >= 15 is 0 Å². The van der Waals surface area contributed by atoms with Crippen molar-refractivity contribution in [1.82, 2.24) is 5.32 Å². The van der Waals surface area contributed by atoms with Crippen LogP contribution in [0.3, 0.4) is 0 Å². The summed E-state index contributed by atoms with van der Waals surface area (Å²) in [5, 5.41) is 3.27. The predicted molar refractivity (Wildman–Crippen MR) is 62.3 cm³/mol. The fraction of sp³-hybridized carbons (Fsp3) is 0.667. The third-order valence-electron chi connectivity index (χ3n) is 2.26. The molecule has 0 aromatic carbocycles. The molecule has 82 valence electrons. The Kier molecular flexibility index (Phi) is 7.21. The summed E-state index contributed by atoms with van der Waals surface area (Å²) >= 11 is 0. The lowest BCUT2D eigenvalue weighted by Gasteiger charge is -2.29. The first-order valence-electron chi connectivity index (χ1n) is 5.38. The summed E-state index contributed by atoms with van der Waals surface area (Å²) in [6, 6.07) is 0. The van der Waals surface area contributed by atoms with E-state index in [2.05, 4.69) is 37.9 Å². The molecule has 0 rings (SSSR count). The van der Waals surface area contributed by atoms with E-state index in [1.807, 2.05) is 6.92 Å². The summed E-state index contributed by atoms with van der Waals surface area (Å²) < 4.78 is 5.48. The van der Waals surface area contributed by atoms with Gasteiger partial charge in [-0.15, -0.1) is 0 Å². The third kappa shape index (κ3) is 4.47. The lowest BCUT2D eigenvalue weighted by Crippen LogP contribution is -2.44. The Bertz CT molecular complexity index is 177. The summed E-state index contributed by atoms with van der Waals surface area (Å²) in [7, 11) is 0. The van der Waals surface area contributed by atoms with Gasteiger partial charge >= 0.3 is 0 Å². The van der Waals surface area contributed by atoms with E-state index in [0.717, 1.165) is 19.4 Å². The van der Waals surface area contributed by atoms with Crippen molar-refractivity contribution in [3.05, 3.63) is 24.9 Å². The van der Waals surface area contributed by atoms with Gasteiger partial charge in [-0.3, -0.25) is 0 Å². The van der Waals surface area contributed by atoms with Crippen molar-refractivity contribution < 1.29 is 4.74 Å². The Morgan fingerprint density at radius 1 is 1.36 bits per heavy atom. The molecule has 0 spiro atoms. The van der Waals surface area contributed by atoms with Crippen LogP contribution in [0.1, 0.15) is 33.6 Å². The third-order valence-corrected chi connectivity index (χ3v) is 2.26. The Morgan fingerprint density at radius 3 is 2.50 bits per heavy atom. The molecule has 0 saturated heterocycles. The Hall–Kier alpha value is -0.760. The zero-order valence-corrected chi connectivity index (χ0v) is 9.68. The monoisotopic (exact) mass is 197 g/mol. The molecule has 0 aliphatic carbocycles. The van der Waals surface area contributed by atoms with E-state index in [0.29, 0.717) is 6.61 Å². The minimum Gasteiger partial charge on any atom is -0.380 e. The molecule has 1 N–H and O–H groups in total. The van der Waals surface area contributed by atoms with Crippen molar-refractivity contribution in [2.24, 2.45) is 0 Å². The molecule has 1 unspecified atom stereocenters. The van der Waals surface area contributed by atoms with E-state index in [-0.39, 0.29) is 5.54 Å². The fourth-order valence-electron chi connectivity index (χ4n) is 1.29. The van der Waals surface area contributed by atoms with Gasteiger partial charge in [0.1, 0.15) is 0 Å². The standard InChI is InChI=1S/C12H23NO/c1-5-9-10-12(6-2,13-7-3)11-14-8-4/h7,9-10,13H,3,5-6,8,11H2,1-2,4H3. The van der Waals surface area contributed by atoms with Gasteiger partial charge in [0.15, 0.2) is 0 Å². The molecule has 1 atom stereocenters. The molecule has 0 bridgehead atoms. The molecular weight excluding hydrogens is 174 g/mol. The second-order valence-electron chi connectivity index (χ2n) is 3.31. The average Bonchev–Trinajstić information content (AvgIpc) is 2.22.